The molecule has 10 heteroatoms. The molecule has 0 bridgehead atoms. The highest BCUT2D eigenvalue weighted by Gasteiger charge is 2.17. The van der Waals surface area contributed by atoms with Crippen molar-refractivity contribution < 1.29 is 18.1 Å². The Hall–Kier alpha value is -4.05. The topological polar surface area (TPSA) is 131 Å². The lowest BCUT2D eigenvalue weighted by Crippen LogP contribution is -2.19. The highest BCUT2D eigenvalue weighted by Crippen LogP contribution is 2.21. The number of nitro groups is 1. The minimum atomic E-state index is -3.93. The van der Waals surface area contributed by atoms with Crippen LogP contribution in [0.3, 0.4) is 0 Å². The van der Waals surface area contributed by atoms with Gasteiger partial charge in [0.2, 0.25) is 0 Å². The van der Waals surface area contributed by atoms with Gasteiger partial charge in [-0.05, 0) is 49.7 Å². The molecule has 0 aliphatic heterocycles. The van der Waals surface area contributed by atoms with E-state index in [1.54, 1.807) is 25.1 Å². The number of rotatable bonds is 7. The predicted octanol–water partition coefficient (Wildman–Crippen LogP) is 3.78. The first-order valence-electron chi connectivity index (χ1n) is 9.44. The third-order valence-electron chi connectivity index (χ3n) is 4.54. The van der Waals surface area contributed by atoms with Gasteiger partial charge < -0.3 is 0 Å². The minimum absolute atomic E-state index is 0.0632. The van der Waals surface area contributed by atoms with Gasteiger partial charge >= 0.3 is 0 Å². The van der Waals surface area contributed by atoms with Gasteiger partial charge in [0.05, 0.1) is 27.3 Å². The van der Waals surface area contributed by atoms with Crippen LogP contribution in [0.1, 0.15) is 27.0 Å². The second kappa shape index (κ2) is 9.40. The molecule has 3 aromatic carbocycles. The Kier molecular flexibility index (Phi) is 6.64. The van der Waals surface area contributed by atoms with Crippen molar-refractivity contribution in [2.24, 2.45) is 5.10 Å². The zero-order valence-corrected chi connectivity index (χ0v) is 18.1. The number of hydrazone groups is 1. The van der Waals surface area contributed by atoms with Crippen LogP contribution in [-0.4, -0.2) is 25.5 Å². The fourth-order valence-electron chi connectivity index (χ4n) is 2.92. The number of nitrogens with one attached hydrogen (secondary N) is 2. The minimum Gasteiger partial charge on any atom is -0.279 e. The maximum atomic E-state index is 12.8. The van der Waals surface area contributed by atoms with E-state index in [1.807, 2.05) is 13.0 Å². The van der Waals surface area contributed by atoms with Crippen LogP contribution in [0, 0.1) is 24.0 Å². The van der Waals surface area contributed by atoms with E-state index in [4.69, 9.17) is 0 Å². The number of amides is 1. The number of sulfonamides is 1. The number of hydrogen-bond donors (Lipinski definition) is 2. The van der Waals surface area contributed by atoms with Crippen LogP contribution in [0.25, 0.3) is 0 Å². The third kappa shape index (κ3) is 5.35. The van der Waals surface area contributed by atoms with Gasteiger partial charge in [-0.1, -0.05) is 35.9 Å². The van der Waals surface area contributed by atoms with Crippen molar-refractivity contribution in [2.45, 2.75) is 18.7 Å². The molecule has 3 rings (SSSR count). The zero-order chi connectivity index (χ0) is 23.3. The summed E-state index contributed by atoms with van der Waals surface area (Å²) in [7, 11) is -3.93. The third-order valence-corrected chi connectivity index (χ3v) is 5.90. The fourth-order valence-corrected chi connectivity index (χ4v) is 4.10. The van der Waals surface area contributed by atoms with Gasteiger partial charge in [-0.3, -0.25) is 19.6 Å². The summed E-state index contributed by atoms with van der Waals surface area (Å²) in [6.07, 6.45) is 1.15. The van der Waals surface area contributed by atoms with Crippen LogP contribution < -0.4 is 10.1 Å². The molecule has 1 amide bonds. The fraction of sp³-hybridized carbons (Fsp3) is 0.0909. The summed E-state index contributed by atoms with van der Waals surface area (Å²) in [6, 6.07) is 16.7. The molecule has 0 saturated carbocycles. The molecule has 2 N–H and O–H groups in total. The second-order valence-corrected chi connectivity index (χ2v) is 8.65. The van der Waals surface area contributed by atoms with E-state index in [2.05, 4.69) is 15.2 Å². The number of hydrogen-bond acceptors (Lipinski definition) is 6. The van der Waals surface area contributed by atoms with Gasteiger partial charge in [0.15, 0.2) is 0 Å². The van der Waals surface area contributed by atoms with Crippen LogP contribution in [0.5, 0.6) is 0 Å². The zero-order valence-electron chi connectivity index (χ0n) is 17.3. The summed E-state index contributed by atoms with van der Waals surface area (Å²) in [4.78, 5) is 22.8. The van der Waals surface area contributed by atoms with Crippen molar-refractivity contribution >= 4 is 33.5 Å². The van der Waals surface area contributed by atoms with E-state index >= 15 is 0 Å². The van der Waals surface area contributed by atoms with Crippen LogP contribution in [0.4, 0.5) is 11.4 Å². The van der Waals surface area contributed by atoms with E-state index in [-0.39, 0.29) is 21.7 Å². The molecule has 32 heavy (non-hydrogen) atoms. The van der Waals surface area contributed by atoms with Gasteiger partial charge in [0.25, 0.3) is 21.6 Å². The van der Waals surface area contributed by atoms with Gasteiger partial charge in [-0.2, -0.15) is 5.10 Å². The average Bonchev–Trinajstić information content (AvgIpc) is 2.76. The Morgan fingerprint density at radius 1 is 1.03 bits per heavy atom. The Morgan fingerprint density at radius 3 is 2.50 bits per heavy atom. The van der Waals surface area contributed by atoms with E-state index in [0.717, 1.165) is 17.3 Å². The summed E-state index contributed by atoms with van der Waals surface area (Å²) in [5.41, 5.74) is 4.59. The molecule has 0 unspecified atom stereocenters. The molecule has 0 fully saturated rings. The summed E-state index contributed by atoms with van der Waals surface area (Å²) in [5.74, 6) is -0.664. The van der Waals surface area contributed by atoms with Crippen LogP contribution in [0.15, 0.2) is 76.7 Å². The van der Waals surface area contributed by atoms with Crippen LogP contribution in [0.2, 0.25) is 0 Å². The number of nitro benzene ring substituents is 1. The quantitative estimate of drug-likeness (QED) is 0.320. The molecular weight excluding hydrogens is 432 g/mol. The summed E-state index contributed by atoms with van der Waals surface area (Å²) < 4.78 is 28.1. The molecule has 0 spiro atoms. The number of benzene rings is 3. The average molecular weight is 452 g/mol. The lowest BCUT2D eigenvalue weighted by atomic mass is 10.1. The molecule has 0 aliphatic carbocycles. The van der Waals surface area contributed by atoms with E-state index in [0.29, 0.717) is 5.69 Å². The summed E-state index contributed by atoms with van der Waals surface area (Å²) >= 11 is 0. The number of carbonyl (C=O) groups is 1. The molecule has 0 aromatic heterocycles. The molecule has 0 radical (unpaired) electrons. The largest absolute Gasteiger partial charge is 0.279 e. The summed E-state index contributed by atoms with van der Waals surface area (Å²) in [5, 5.41) is 14.8. The van der Waals surface area contributed by atoms with Gasteiger partial charge in [0.1, 0.15) is 0 Å². The van der Waals surface area contributed by atoms with Crippen molar-refractivity contribution in [2.75, 3.05) is 4.72 Å². The SMILES string of the molecule is Cc1ccc(NS(=O)(=O)c2cccc(C(=O)NN=Cc3ccccc3[N+](=O)[O-])c2)c(C)c1. The molecule has 0 atom stereocenters. The van der Waals surface area contributed by atoms with Gasteiger partial charge in [-0.25, -0.2) is 13.8 Å². The lowest BCUT2D eigenvalue weighted by molar-refractivity contribution is -0.385. The number of anilines is 1. The smallest absolute Gasteiger partial charge is 0.278 e. The van der Waals surface area contributed by atoms with E-state index < -0.39 is 20.9 Å². The number of aryl methyl sites for hydroxylation is 2. The molecule has 164 valence electrons. The van der Waals surface area contributed by atoms with Crippen molar-refractivity contribution in [3.8, 4) is 0 Å². The lowest BCUT2D eigenvalue weighted by Gasteiger charge is -2.12. The van der Waals surface area contributed by atoms with E-state index in [1.165, 1.54) is 42.5 Å². The number of nitrogens with zero attached hydrogens (tertiary/aromatic N) is 2. The van der Waals surface area contributed by atoms with Crippen molar-refractivity contribution in [1.29, 1.82) is 0 Å². The molecule has 0 saturated heterocycles. The van der Waals surface area contributed by atoms with E-state index in [9.17, 15) is 23.3 Å². The Balaban J connectivity index is 1.76. The number of para-hydroxylation sites is 1. The Morgan fingerprint density at radius 2 is 1.78 bits per heavy atom. The highest BCUT2D eigenvalue weighted by molar-refractivity contribution is 7.92. The molecule has 9 nitrogen and oxygen atoms in total. The molecular formula is C22H20N4O5S. The Bertz CT molecular complexity index is 1320. The first kappa shape index (κ1) is 22.6. The summed E-state index contributed by atoms with van der Waals surface area (Å²) in [6.45, 7) is 3.70. The second-order valence-electron chi connectivity index (χ2n) is 6.97. The normalized spacial score (nSPS) is 11.3. The maximum Gasteiger partial charge on any atom is 0.278 e. The van der Waals surface area contributed by atoms with Crippen molar-refractivity contribution in [3.63, 3.8) is 0 Å². The molecule has 3 aromatic rings. The van der Waals surface area contributed by atoms with Crippen molar-refractivity contribution in [1.82, 2.24) is 5.43 Å². The highest BCUT2D eigenvalue weighted by atomic mass is 32.2. The van der Waals surface area contributed by atoms with Crippen molar-refractivity contribution in [3.05, 3.63) is 99.1 Å². The monoisotopic (exact) mass is 452 g/mol. The van der Waals surface area contributed by atoms with Crippen LogP contribution in [-0.2, 0) is 10.0 Å². The van der Waals surface area contributed by atoms with Gasteiger partial charge in [-0.15, -0.1) is 0 Å². The Labute approximate surface area is 185 Å². The standard InChI is InChI=1S/C22H20N4O5S/c1-15-10-11-20(16(2)12-15)25-32(30,31)19-8-5-7-17(13-19)22(27)24-23-14-18-6-3-4-9-21(18)26(28)29/h3-14,25H,1-2H3,(H,24,27). The van der Waals surface area contributed by atoms with Gasteiger partial charge in [0, 0.05) is 11.6 Å². The first-order valence-corrected chi connectivity index (χ1v) is 10.9. The first-order chi connectivity index (χ1) is 15.2. The molecule has 0 heterocycles. The maximum absolute atomic E-state index is 12.8. The van der Waals surface area contributed by atoms with Crippen LogP contribution >= 0.6 is 0 Å². The molecule has 0 aliphatic rings. The predicted molar refractivity (Wildman–Crippen MR) is 121 cm³/mol. The number of carbonyl (C=O) groups excluding carboxylic acids is 1.